The Hall–Kier alpha value is -0.570. The summed E-state index contributed by atoms with van der Waals surface area (Å²) < 4.78 is 0. The van der Waals surface area contributed by atoms with Crippen molar-refractivity contribution in [1.29, 1.82) is 0 Å². The van der Waals surface area contributed by atoms with Crippen molar-refractivity contribution < 1.29 is 9.90 Å². The smallest absolute Gasteiger partial charge is 0.308 e. The molecule has 104 valence electrons. The molecule has 0 amide bonds. The van der Waals surface area contributed by atoms with Crippen molar-refractivity contribution >= 4 is 5.97 Å². The topological polar surface area (TPSA) is 40.5 Å². The van der Waals surface area contributed by atoms with Crippen molar-refractivity contribution in [1.82, 2.24) is 4.90 Å². The van der Waals surface area contributed by atoms with Crippen molar-refractivity contribution in [3.63, 3.8) is 0 Å². The molecule has 0 spiro atoms. The summed E-state index contributed by atoms with van der Waals surface area (Å²) in [6.07, 6.45) is 11.2. The lowest BCUT2D eigenvalue weighted by Gasteiger charge is -2.22. The molecule has 1 N–H and O–H groups in total. The average Bonchev–Trinajstić information content (AvgIpc) is 2.90. The van der Waals surface area contributed by atoms with Gasteiger partial charge in [0, 0.05) is 12.1 Å². The minimum absolute atomic E-state index is 0.0798. The van der Waals surface area contributed by atoms with E-state index in [0.29, 0.717) is 12.1 Å². The maximum atomic E-state index is 11.2. The quantitative estimate of drug-likeness (QED) is 0.675. The van der Waals surface area contributed by atoms with Crippen molar-refractivity contribution in [3.05, 3.63) is 0 Å². The minimum Gasteiger partial charge on any atom is -0.481 e. The summed E-state index contributed by atoms with van der Waals surface area (Å²) in [6, 6.07) is 0.926. The van der Waals surface area contributed by atoms with Crippen LogP contribution in [0.25, 0.3) is 0 Å². The predicted octanol–water partition coefficient (Wildman–Crippen LogP) is 3.28. The minimum atomic E-state index is -0.574. The fourth-order valence-electron chi connectivity index (χ4n) is 3.79. The Morgan fingerprint density at radius 3 is 2.56 bits per heavy atom. The van der Waals surface area contributed by atoms with Crippen molar-refractivity contribution in [2.75, 3.05) is 6.54 Å². The van der Waals surface area contributed by atoms with E-state index in [1.54, 1.807) is 0 Å². The van der Waals surface area contributed by atoms with Crippen LogP contribution in [0.1, 0.15) is 64.7 Å². The zero-order valence-corrected chi connectivity index (χ0v) is 11.6. The summed E-state index contributed by atoms with van der Waals surface area (Å²) >= 11 is 0. The van der Waals surface area contributed by atoms with Gasteiger partial charge in [-0.2, -0.15) is 0 Å². The molecule has 3 nitrogen and oxygen atoms in total. The van der Waals surface area contributed by atoms with Gasteiger partial charge in [0.2, 0.25) is 0 Å². The number of rotatable bonds is 8. The highest BCUT2D eigenvalue weighted by Crippen LogP contribution is 2.41. The molecular weight excluding hydrogens is 226 g/mol. The molecule has 0 aromatic carbocycles. The first-order chi connectivity index (χ1) is 8.74. The molecule has 0 radical (unpaired) electrons. The van der Waals surface area contributed by atoms with Crippen molar-refractivity contribution in [3.8, 4) is 0 Å². The molecule has 0 aliphatic carbocycles. The number of aliphatic carboxylic acids is 1. The van der Waals surface area contributed by atoms with Gasteiger partial charge in [-0.05, 0) is 32.2 Å². The lowest BCUT2D eigenvalue weighted by atomic mass is 9.89. The Labute approximate surface area is 111 Å². The molecular formula is C15H27NO2. The molecule has 2 fully saturated rings. The highest BCUT2D eigenvalue weighted by molar-refractivity contribution is 5.71. The lowest BCUT2D eigenvalue weighted by molar-refractivity contribution is -0.142. The SMILES string of the molecule is CCCCCCCCN1C2CCC1C(C(=O)O)C2. The van der Waals surface area contributed by atoms with Gasteiger partial charge in [-0.1, -0.05) is 39.0 Å². The van der Waals surface area contributed by atoms with Gasteiger partial charge in [0.25, 0.3) is 0 Å². The maximum absolute atomic E-state index is 11.2. The molecule has 2 saturated heterocycles. The number of hydrogen-bond donors (Lipinski definition) is 1. The molecule has 3 atom stereocenters. The second-order valence-electron chi connectivity index (χ2n) is 5.98. The molecule has 3 heteroatoms. The van der Waals surface area contributed by atoms with E-state index in [1.807, 2.05) is 0 Å². The third-order valence-electron chi connectivity index (χ3n) is 4.77. The Kier molecular flexibility index (Phi) is 5.04. The Bertz CT molecular complexity index is 280. The van der Waals surface area contributed by atoms with Crippen molar-refractivity contribution in [2.45, 2.75) is 76.8 Å². The second-order valence-corrected chi connectivity index (χ2v) is 5.98. The fourth-order valence-corrected chi connectivity index (χ4v) is 3.79. The summed E-state index contributed by atoms with van der Waals surface area (Å²) in [5.41, 5.74) is 0. The molecule has 0 aromatic rings. The van der Waals surface area contributed by atoms with Crippen LogP contribution in [0.3, 0.4) is 0 Å². The molecule has 0 saturated carbocycles. The van der Waals surface area contributed by atoms with Crippen molar-refractivity contribution in [2.24, 2.45) is 5.92 Å². The zero-order valence-electron chi connectivity index (χ0n) is 11.6. The van der Waals surface area contributed by atoms with Gasteiger partial charge < -0.3 is 5.11 Å². The first-order valence-electron chi connectivity index (χ1n) is 7.72. The number of carboxylic acids is 1. The Balaban J connectivity index is 1.66. The number of hydrogen-bond acceptors (Lipinski definition) is 2. The van der Waals surface area contributed by atoms with E-state index in [-0.39, 0.29) is 5.92 Å². The summed E-state index contributed by atoms with van der Waals surface area (Å²) in [7, 11) is 0. The van der Waals surface area contributed by atoms with Crippen LogP contribution in [0.5, 0.6) is 0 Å². The van der Waals surface area contributed by atoms with Gasteiger partial charge in [-0.3, -0.25) is 9.69 Å². The fraction of sp³-hybridized carbons (Fsp3) is 0.933. The molecule has 2 heterocycles. The van der Waals surface area contributed by atoms with Gasteiger partial charge in [-0.25, -0.2) is 0 Å². The van der Waals surface area contributed by atoms with Crippen LogP contribution in [0, 0.1) is 5.92 Å². The number of unbranched alkanes of at least 4 members (excludes halogenated alkanes) is 5. The van der Waals surface area contributed by atoms with E-state index in [4.69, 9.17) is 0 Å². The molecule has 2 aliphatic heterocycles. The lowest BCUT2D eigenvalue weighted by Crippen LogP contribution is -2.33. The van der Waals surface area contributed by atoms with Crippen LogP contribution in [0.2, 0.25) is 0 Å². The third kappa shape index (κ3) is 3.05. The van der Waals surface area contributed by atoms with E-state index in [9.17, 15) is 9.90 Å². The zero-order chi connectivity index (χ0) is 13.0. The van der Waals surface area contributed by atoms with Crippen LogP contribution >= 0.6 is 0 Å². The first kappa shape index (κ1) is 13.9. The van der Waals surface area contributed by atoms with E-state index >= 15 is 0 Å². The molecule has 2 rings (SSSR count). The maximum Gasteiger partial charge on any atom is 0.308 e. The number of carboxylic acid groups (broad SMARTS) is 1. The Morgan fingerprint density at radius 2 is 1.89 bits per heavy atom. The second kappa shape index (κ2) is 6.55. The highest BCUT2D eigenvalue weighted by atomic mass is 16.4. The van der Waals surface area contributed by atoms with E-state index in [0.717, 1.165) is 19.4 Å². The van der Waals surface area contributed by atoms with Crippen LogP contribution < -0.4 is 0 Å². The van der Waals surface area contributed by atoms with E-state index < -0.39 is 5.97 Å². The average molecular weight is 253 g/mol. The first-order valence-corrected chi connectivity index (χ1v) is 7.72. The number of carbonyl (C=O) groups is 1. The molecule has 2 bridgehead atoms. The van der Waals surface area contributed by atoms with Crippen LogP contribution in [-0.4, -0.2) is 34.6 Å². The monoisotopic (exact) mass is 253 g/mol. The van der Waals surface area contributed by atoms with Gasteiger partial charge in [0.15, 0.2) is 0 Å². The van der Waals surface area contributed by atoms with Gasteiger partial charge in [-0.15, -0.1) is 0 Å². The number of fused-ring (bicyclic) bond motifs is 2. The van der Waals surface area contributed by atoms with Gasteiger partial charge in [0.05, 0.1) is 5.92 Å². The van der Waals surface area contributed by atoms with E-state index in [2.05, 4.69) is 11.8 Å². The standard InChI is InChI=1S/C15H27NO2/c1-2-3-4-5-6-7-10-16-12-8-9-14(16)13(11-12)15(17)18/h12-14H,2-11H2,1H3,(H,17,18). The molecule has 0 aromatic heterocycles. The summed E-state index contributed by atoms with van der Waals surface area (Å²) in [5, 5.41) is 9.20. The summed E-state index contributed by atoms with van der Waals surface area (Å²) in [4.78, 5) is 13.7. The molecule has 3 unspecified atom stereocenters. The molecule has 2 aliphatic rings. The van der Waals surface area contributed by atoms with Crippen LogP contribution in [-0.2, 0) is 4.79 Å². The van der Waals surface area contributed by atoms with E-state index in [1.165, 1.54) is 44.9 Å². The Morgan fingerprint density at radius 1 is 1.17 bits per heavy atom. The third-order valence-corrected chi connectivity index (χ3v) is 4.77. The molecule has 18 heavy (non-hydrogen) atoms. The summed E-state index contributed by atoms with van der Waals surface area (Å²) in [6.45, 7) is 3.37. The highest BCUT2D eigenvalue weighted by Gasteiger charge is 2.48. The normalized spacial score (nSPS) is 31.1. The van der Waals surface area contributed by atoms with Gasteiger partial charge in [0.1, 0.15) is 0 Å². The summed E-state index contributed by atoms with van der Waals surface area (Å²) in [5.74, 6) is -0.654. The largest absolute Gasteiger partial charge is 0.481 e. The number of nitrogens with zero attached hydrogens (tertiary/aromatic N) is 1. The predicted molar refractivity (Wildman–Crippen MR) is 72.6 cm³/mol. The van der Waals surface area contributed by atoms with Gasteiger partial charge >= 0.3 is 5.97 Å². The van der Waals surface area contributed by atoms with Crippen LogP contribution in [0.4, 0.5) is 0 Å². The van der Waals surface area contributed by atoms with Crippen LogP contribution in [0.15, 0.2) is 0 Å².